The molecule has 4 aromatic rings. The van der Waals surface area contributed by atoms with Crippen LogP contribution in [0.3, 0.4) is 0 Å². The number of fused-ring (bicyclic) bond motifs is 1. The van der Waals surface area contributed by atoms with Crippen LogP contribution in [-0.4, -0.2) is 29.1 Å². The first-order chi connectivity index (χ1) is 12.3. The molecular weight excluding hydrogens is 319 g/mol. The number of imidazole rings is 2. The van der Waals surface area contributed by atoms with Crippen LogP contribution in [0.5, 0.6) is 0 Å². The van der Waals surface area contributed by atoms with E-state index in [0.29, 0.717) is 18.1 Å². The molecule has 25 heavy (non-hydrogen) atoms. The molecular formula is C18H17FN6. The molecule has 0 aliphatic carbocycles. The Balaban J connectivity index is 1.76. The van der Waals surface area contributed by atoms with E-state index in [-0.39, 0.29) is 0 Å². The van der Waals surface area contributed by atoms with Crippen LogP contribution in [0.25, 0.3) is 22.7 Å². The van der Waals surface area contributed by atoms with Crippen LogP contribution in [-0.2, 0) is 13.1 Å². The average Bonchev–Trinajstić information content (AvgIpc) is 3.21. The number of nitrogens with zero attached hydrogens (tertiary/aromatic N) is 6. The Bertz CT molecular complexity index is 1020. The minimum absolute atomic E-state index is 0.501. The van der Waals surface area contributed by atoms with Gasteiger partial charge in [0.25, 0.3) is 0 Å². The number of pyridine rings is 2. The molecule has 0 aromatic carbocycles. The summed E-state index contributed by atoms with van der Waals surface area (Å²) in [5.74, 6) is 0.989. The van der Waals surface area contributed by atoms with Crippen LogP contribution in [0.1, 0.15) is 19.2 Å². The number of aryl methyl sites for hydroxylation is 1. The molecule has 0 bridgehead atoms. The topological polar surface area (TPSA) is 61.4 Å². The largest absolute Gasteiger partial charge is 0.322 e. The van der Waals surface area contributed by atoms with E-state index < -0.39 is 5.95 Å². The van der Waals surface area contributed by atoms with Crippen LogP contribution in [0.2, 0.25) is 0 Å². The average molecular weight is 336 g/mol. The predicted molar refractivity (Wildman–Crippen MR) is 92.3 cm³/mol. The Morgan fingerprint density at radius 1 is 1.04 bits per heavy atom. The van der Waals surface area contributed by atoms with E-state index >= 15 is 0 Å². The molecule has 0 unspecified atom stereocenters. The second-order valence-electron chi connectivity index (χ2n) is 5.75. The van der Waals surface area contributed by atoms with Gasteiger partial charge in [0, 0.05) is 25.1 Å². The van der Waals surface area contributed by atoms with Gasteiger partial charge in [-0.25, -0.2) is 19.9 Å². The van der Waals surface area contributed by atoms with Crippen molar-refractivity contribution in [2.24, 2.45) is 0 Å². The van der Waals surface area contributed by atoms with Gasteiger partial charge in [0.1, 0.15) is 17.0 Å². The van der Waals surface area contributed by atoms with Crippen LogP contribution in [0.15, 0.2) is 48.9 Å². The van der Waals surface area contributed by atoms with E-state index in [9.17, 15) is 4.39 Å². The van der Waals surface area contributed by atoms with Gasteiger partial charge >= 0.3 is 0 Å². The van der Waals surface area contributed by atoms with Gasteiger partial charge in [0.15, 0.2) is 11.5 Å². The second kappa shape index (κ2) is 6.43. The molecule has 0 saturated carbocycles. The summed E-state index contributed by atoms with van der Waals surface area (Å²) in [5.41, 5.74) is 2.25. The van der Waals surface area contributed by atoms with Gasteiger partial charge in [-0.2, -0.15) is 4.39 Å². The SMILES string of the molecule is CCCn1c(Cn2ccnc2-c2cccc(F)n2)nc2cccnc21. The van der Waals surface area contributed by atoms with E-state index in [0.717, 1.165) is 30.0 Å². The summed E-state index contributed by atoms with van der Waals surface area (Å²) in [4.78, 5) is 17.4. The summed E-state index contributed by atoms with van der Waals surface area (Å²) in [6, 6.07) is 8.55. The van der Waals surface area contributed by atoms with E-state index in [1.807, 2.05) is 22.9 Å². The van der Waals surface area contributed by atoms with Crippen LogP contribution in [0.4, 0.5) is 4.39 Å². The highest BCUT2D eigenvalue weighted by Gasteiger charge is 2.14. The highest BCUT2D eigenvalue weighted by molar-refractivity contribution is 5.71. The Kier molecular flexibility index (Phi) is 3.97. The lowest BCUT2D eigenvalue weighted by molar-refractivity contribution is 0.583. The molecule has 126 valence electrons. The zero-order valence-electron chi connectivity index (χ0n) is 13.8. The van der Waals surface area contributed by atoms with Gasteiger partial charge in [0.2, 0.25) is 5.95 Å². The van der Waals surface area contributed by atoms with E-state index in [2.05, 4.69) is 26.4 Å². The van der Waals surface area contributed by atoms with Crippen molar-refractivity contribution in [1.82, 2.24) is 29.1 Å². The first-order valence-electron chi connectivity index (χ1n) is 8.20. The Labute approximate surface area is 144 Å². The summed E-state index contributed by atoms with van der Waals surface area (Å²) >= 11 is 0. The van der Waals surface area contributed by atoms with Crippen LogP contribution < -0.4 is 0 Å². The molecule has 0 amide bonds. The zero-order valence-corrected chi connectivity index (χ0v) is 13.8. The first-order valence-corrected chi connectivity index (χ1v) is 8.20. The van der Waals surface area contributed by atoms with Crippen LogP contribution >= 0.6 is 0 Å². The Hall–Kier alpha value is -3.09. The van der Waals surface area contributed by atoms with Crippen molar-refractivity contribution < 1.29 is 4.39 Å². The van der Waals surface area contributed by atoms with Gasteiger partial charge < -0.3 is 9.13 Å². The van der Waals surface area contributed by atoms with E-state index in [1.54, 1.807) is 24.5 Å². The molecule has 4 aromatic heterocycles. The number of hydrogen-bond acceptors (Lipinski definition) is 4. The van der Waals surface area contributed by atoms with Gasteiger partial charge in [-0.1, -0.05) is 13.0 Å². The van der Waals surface area contributed by atoms with E-state index in [1.165, 1.54) is 6.07 Å². The molecule has 0 N–H and O–H groups in total. The van der Waals surface area contributed by atoms with Crippen molar-refractivity contribution in [3.8, 4) is 11.5 Å². The first kappa shape index (κ1) is 15.4. The minimum Gasteiger partial charge on any atom is -0.322 e. The standard InChI is InChI=1S/C18H17FN6/c1-2-10-25-16(23-14-6-4-8-20-18(14)25)12-24-11-9-21-17(24)13-5-3-7-15(19)22-13/h3-9,11H,2,10,12H2,1H3. The fourth-order valence-corrected chi connectivity index (χ4v) is 2.94. The summed E-state index contributed by atoms with van der Waals surface area (Å²) in [7, 11) is 0. The molecule has 0 radical (unpaired) electrons. The highest BCUT2D eigenvalue weighted by atomic mass is 19.1. The van der Waals surface area contributed by atoms with Crippen molar-refractivity contribution in [3.05, 3.63) is 60.7 Å². The third-order valence-corrected chi connectivity index (χ3v) is 4.00. The minimum atomic E-state index is -0.519. The zero-order chi connectivity index (χ0) is 17.2. The number of rotatable bonds is 5. The number of aromatic nitrogens is 6. The molecule has 0 atom stereocenters. The molecule has 0 aliphatic rings. The van der Waals surface area contributed by atoms with Crippen molar-refractivity contribution in [2.75, 3.05) is 0 Å². The summed E-state index contributed by atoms with van der Waals surface area (Å²) in [6.07, 6.45) is 6.30. The monoisotopic (exact) mass is 336 g/mol. The highest BCUT2D eigenvalue weighted by Crippen LogP contribution is 2.19. The van der Waals surface area contributed by atoms with Gasteiger partial charge in [-0.05, 0) is 30.7 Å². The normalized spacial score (nSPS) is 11.3. The maximum absolute atomic E-state index is 13.4. The number of halogens is 1. The third-order valence-electron chi connectivity index (χ3n) is 4.00. The smallest absolute Gasteiger partial charge is 0.213 e. The molecule has 4 heterocycles. The summed E-state index contributed by atoms with van der Waals surface area (Å²) in [6.45, 7) is 3.48. The molecule has 0 fully saturated rings. The lowest BCUT2D eigenvalue weighted by atomic mass is 10.3. The van der Waals surface area contributed by atoms with Gasteiger partial charge in [0.05, 0.1) is 6.54 Å². The predicted octanol–water partition coefficient (Wildman–Crippen LogP) is 3.29. The Morgan fingerprint density at radius 3 is 2.80 bits per heavy atom. The van der Waals surface area contributed by atoms with E-state index in [4.69, 9.17) is 4.98 Å². The molecule has 7 heteroatoms. The second-order valence-corrected chi connectivity index (χ2v) is 5.75. The lowest BCUT2D eigenvalue weighted by Gasteiger charge is -2.10. The van der Waals surface area contributed by atoms with Crippen molar-refractivity contribution in [3.63, 3.8) is 0 Å². The fourth-order valence-electron chi connectivity index (χ4n) is 2.94. The van der Waals surface area contributed by atoms with Gasteiger partial charge in [-0.3, -0.25) is 0 Å². The van der Waals surface area contributed by atoms with Crippen LogP contribution in [0, 0.1) is 5.95 Å². The third kappa shape index (κ3) is 2.88. The fraction of sp³-hybridized carbons (Fsp3) is 0.222. The van der Waals surface area contributed by atoms with Crippen molar-refractivity contribution in [1.29, 1.82) is 0 Å². The quantitative estimate of drug-likeness (QED) is 0.525. The Morgan fingerprint density at radius 2 is 1.96 bits per heavy atom. The summed E-state index contributed by atoms with van der Waals surface area (Å²) < 4.78 is 17.5. The molecule has 0 saturated heterocycles. The maximum atomic E-state index is 13.4. The van der Waals surface area contributed by atoms with Gasteiger partial charge in [-0.15, -0.1) is 0 Å². The number of hydrogen-bond donors (Lipinski definition) is 0. The molecule has 0 aliphatic heterocycles. The molecule has 4 rings (SSSR count). The molecule has 0 spiro atoms. The molecule has 6 nitrogen and oxygen atoms in total. The summed E-state index contributed by atoms with van der Waals surface area (Å²) in [5, 5.41) is 0. The lowest BCUT2D eigenvalue weighted by Crippen LogP contribution is -2.10. The maximum Gasteiger partial charge on any atom is 0.213 e. The van der Waals surface area contributed by atoms with Crippen molar-refractivity contribution >= 4 is 11.2 Å². The van der Waals surface area contributed by atoms with Crippen molar-refractivity contribution in [2.45, 2.75) is 26.4 Å².